The number of hydrogen-bond acceptors (Lipinski definition) is 7. The van der Waals surface area contributed by atoms with Gasteiger partial charge in [0.1, 0.15) is 24.6 Å². The Labute approximate surface area is 158 Å². The first-order valence-corrected chi connectivity index (χ1v) is 8.20. The number of nitrogens with zero attached hydrogens (tertiary/aromatic N) is 1. The van der Waals surface area contributed by atoms with Gasteiger partial charge in [-0.05, 0) is 25.1 Å². The number of amides is 1. The molecule has 1 atom stereocenters. The minimum absolute atomic E-state index is 0.145. The average Bonchev–Trinajstić information content (AvgIpc) is 2.66. The highest BCUT2D eigenvalue weighted by atomic mass is 19.1. The molecule has 0 aromatic heterocycles. The third-order valence-electron chi connectivity index (χ3n) is 3.82. The van der Waals surface area contributed by atoms with Crippen molar-refractivity contribution in [2.75, 3.05) is 18.5 Å². The van der Waals surface area contributed by atoms with E-state index >= 15 is 0 Å². The van der Waals surface area contributed by atoms with Crippen LogP contribution in [0.4, 0.5) is 15.8 Å². The standard InChI is InChI=1S/C18H15FN2O7/c1-10(17(22)20-12-4-2-3-11(19)7-12)28-18(23)13-8-15-16(27-6-5-26-15)9-14(13)21(24)25/h2-4,7-10H,5-6H2,1H3,(H,20,22). The maximum absolute atomic E-state index is 13.2. The molecule has 0 radical (unpaired) electrons. The van der Waals surface area contributed by atoms with Gasteiger partial charge in [-0.2, -0.15) is 0 Å². The molecule has 2 aromatic rings. The first kappa shape index (κ1) is 19.1. The Hall–Kier alpha value is -3.69. The first-order chi connectivity index (χ1) is 13.3. The molecule has 10 heteroatoms. The number of ether oxygens (including phenoxy) is 3. The van der Waals surface area contributed by atoms with E-state index in [1.165, 1.54) is 25.1 Å². The first-order valence-electron chi connectivity index (χ1n) is 8.20. The smallest absolute Gasteiger partial charge is 0.346 e. The molecule has 9 nitrogen and oxygen atoms in total. The SMILES string of the molecule is CC(OC(=O)c1cc2c(cc1[N+](=O)[O-])OCCO2)C(=O)Nc1cccc(F)c1. The zero-order chi connectivity index (χ0) is 20.3. The summed E-state index contributed by atoms with van der Waals surface area (Å²) in [5, 5.41) is 13.7. The van der Waals surface area contributed by atoms with Crippen molar-refractivity contribution in [2.45, 2.75) is 13.0 Å². The fourth-order valence-electron chi connectivity index (χ4n) is 2.48. The summed E-state index contributed by atoms with van der Waals surface area (Å²) in [5.74, 6) is -2.04. The second-order valence-corrected chi connectivity index (χ2v) is 5.82. The van der Waals surface area contributed by atoms with Crippen LogP contribution in [0.5, 0.6) is 11.5 Å². The highest BCUT2D eigenvalue weighted by Crippen LogP contribution is 2.37. The number of halogens is 1. The topological polar surface area (TPSA) is 117 Å². The van der Waals surface area contributed by atoms with Crippen LogP contribution in [-0.4, -0.2) is 36.1 Å². The maximum Gasteiger partial charge on any atom is 0.346 e. The van der Waals surface area contributed by atoms with Gasteiger partial charge in [-0.25, -0.2) is 9.18 Å². The van der Waals surface area contributed by atoms with Gasteiger partial charge >= 0.3 is 5.97 Å². The Bertz CT molecular complexity index is 948. The second-order valence-electron chi connectivity index (χ2n) is 5.82. The lowest BCUT2D eigenvalue weighted by atomic mass is 10.1. The minimum atomic E-state index is -1.29. The number of carbonyl (C=O) groups is 2. The summed E-state index contributed by atoms with van der Waals surface area (Å²) in [4.78, 5) is 35.1. The number of nitrogens with one attached hydrogen (secondary N) is 1. The van der Waals surface area contributed by atoms with Crippen LogP contribution in [-0.2, 0) is 9.53 Å². The summed E-state index contributed by atoms with van der Waals surface area (Å²) < 4.78 is 28.8. The molecule has 28 heavy (non-hydrogen) atoms. The van der Waals surface area contributed by atoms with Crippen molar-refractivity contribution in [3.63, 3.8) is 0 Å². The third kappa shape index (κ3) is 4.17. The van der Waals surface area contributed by atoms with Gasteiger partial charge in [0.05, 0.1) is 11.0 Å². The Balaban J connectivity index is 1.76. The van der Waals surface area contributed by atoms with Crippen molar-refractivity contribution in [1.82, 2.24) is 0 Å². The monoisotopic (exact) mass is 390 g/mol. The highest BCUT2D eigenvalue weighted by molar-refractivity contribution is 5.99. The van der Waals surface area contributed by atoms with Crippen LogP contribution < -0.4 is 14.8 Å². The third-order valence-corrected chi connectivity index (χ3v) is 3.82. The number of hydrogen-bond donors (Lipinski definition) is 1. The Morgan fingerprint density at radius 1 is 1.21 bits per heavy atom. The number of nitro benzene ring substituents is 1. The predicted octanol–water partition coefficient (Wildman–Crippen LogP) is 2.69. The van der Waals surface area contributed by atoms with Crippen LogP contribution in [0.1, 0.15) is 17.3 Å². The molecule has 0 spiro atoms. The van der Waals surface area contributed by atoms with Crippen LogP contribution in [0, 0.1) is 15.9 Å². The van der Waals surface area contributed by atoms with Crippen LogP contribution in [0.25, 0.3) is 0 Å². The normalized spacial score (nSPS) is 13.4. The largest absolute Gasteiger partial charge is 0.486 e. The molecule has 1 aliphatic heterocycles. The van der Waals surface area contributed by atoms with Crippen LogP contribution in [0.2, 0.25) is 0 Å². The molecule has 1 unspecified atom stereocenters. The number of nitro groups is 1. The van der Waals surface area contributed by atoms with Crippen LogP contribution in [0.15, 0.2) is 36.4 Å². The van der Waals surface area contributed by atoms with Gasteiger partial charge in [-0.1, -0.05) is 6.07 Å². The molecule has 0 fully saturated rings. The van der Waals surface area contributed by atoms with Crippen LogP contribution in [0.3, 0.4) is 0 Å². The Morgan fingerprint density at radius 2 is 1.89 bits per heavy atom. The molecular weight excluding hydrogens is 375 g/mol. The lowest BCUT2D eigenvalue weighted by molar-refractivity contribution is -0.385. The molecule has 0 saturated heterocycles. The van der Waals surface area contributed by atoms with Crippen molar-refractivity contribution >= 4 is 23.3 Å². The van der Waals surface area contributed by atoms with E-state index in [9.17, 15) is 24.1 Å². The molecule has 0 aliphatic carbocycles. The van der Waals surface area contributed by atoms with E-state index in [4.69, 9.17) is 14.2 Å². The Morgan fingerprint density at radius 3 is 2.54 bits per heavy atom. The number of esters is 1. The molecular formula is C18H15FN2O7. The number of benzene rings is 2. The van der Waals surface area contributed by atoms with Gasteiger partial charge in [0.25, 0.3) is 11.6 Å². The van der Waals surface area contributed by atoms with Crippen molar-refractivity contribution in [2.24, 2.45) is 0 Å². The zero-order valence-corrected chi connectivity index (χ0v) is 14.6. The summed E-state index contributed by atoms with van der Waals surface area (Å²) in [7, 11) is 0. The van der Waals surface area contributed by atoms with E-state index in [0.717, 1.165) is 18.2 Å². The number of fused-ring (bicyclic) bond motifs is 1. The average molecular weight is 390 g/mol. The van der Waals surface area contributed by atoms with E-state index in [-0.39, 0.29) is 36.0 Å². The molecule has 2 aromatic carbocycles. The number of anilines is 1. The summed E-state index contributed by atoms with van der Waals surface area (Å²) in [6, 6.07) is 7.38. The Kier molecular flexibility index (Phi) is 5.39. The van der Waals surface area contributed by atoms with E-state index in [2.05, 4.69) is 5.32 Å². The van der Waals surface area contributed by atoms with Crippen molar-refractivity contribution in [1.29, 1.82) is 0 Å². The van der Waals surface area contributed by atoms with E-state index in [1.807, 2.05) is 0 Å². The molecule has 1 aliphatic rings. The molecule has 1 N–H and O–H groups in total. The summed E-state index contributed by atoms with van der Waals surface area (Å²) >= 11 is 0. The lowest BCUT2D eigenvalue weighted by Crippen LogP contribution is -2.30. The van der Waals surface area contributed by atoms with Crippen molar-refractivity contribution in [3.8, 4) is 11.5 Å². The van der Waals surface area contributed by atoms with Gasteiger partial charge < -0.3 is 19.5 Å². The zero-order valence-electron chi connectivity index (χ0n) is 14.6. The van der Waals surface area contributed by atoms with Crippen molar-refractivity contribution < 1.29 is 33.1 Å². The highest BCUT2D eigenvalue weighted by Gasteiger charge is 2.29. The summed E-state index contributed by atoms with van der Waals surface area (Å²) in [5.41, 5.74) is -0.732. The van der Waals surface area contributed by atoms with Crippen molar-refractivity contribution in [3.05, 3.63) is 57.9 Å². The van der Waals surface area contributed by atoms with Gasteiger partial charge in [0, 0.05) is 11.8 Å². The van der Waals surface area contributed by atoms with E-state index < -0.39 is 34.4 Å². The second kappa shape index (κ2) is 7.91. The molecule has 0 saturated carbocycles. The molecule has 146 valence electrons. The summed E-state index contributed by atoms with van der Waals surface area (Å²) in [6.07, 6.45) is -1.29. The van der Waals surface area contributed by atoms with E-state index in [1.54, 1.807) is 0 Å². The maximum atomic E-state index is 13.2. The van der Waals surface area contributed by atoms with Gasteiger partial charge in [-0.3, -0.25) is 14.9 Å². The van der Waals surface area contributed by atoms with Gasteiger partial charge in [0.2, 0.25) is 0 Å². The fourth-order valence-corrected chi connectivity index (χ4v) is 2.48. The number of rotatable bonds is 5. The predicted molar refractivity (Wildman–Crippen MR) is 94.0 cm³/mol. The molecule has 1 amide bonds. The van der Waals surface area contributed by atoms with Gasteiger partial charge in [0.15, 0.2) is 17.6 Å². The quantitative estimate of drug-likeness (QED) is 0.474. The van der Waals surface area contributed by atoms with Gasteiger partial charge in [-0.15, -0.1) is 0 Å². The summed E-state index contributed by atoms with van der Waals surface area (Å²) in [6.45, 7) is 1.74. The molecule has 0 bridgehead atoms. The van der Waals surface area contributed by atoms with Crippen LogP contribution >= 0.6 is 0 Å². The molecule has 3 rings (SSSR count). The lowest BCUT2D eigenvalue weighted by Gasteiger charge is -2.19. The fraction of sp³-hybridized carbons (Fsp3) is 0.222. The van der Waals surface area contributed by atoms with E-state index in [0.29, 0.717) is 0 Å². The minimum Gasteiger partial charge on any atom is -0.486 e. The number of carbonyl (C=O) groups excluding carboxylic acids is 2. The molecule has 1 heterocycles.